The molecule has 0 aliphatic heterocycles. The molecule has 0 atom stereocenters. The number of hydrogen-bond donors (Lipinski definition) is 0. The maximum Gasteiger partial charge on any atom is 0.171 e. The Labute approximate surface area is 105 Å². The summed E-state index contributed by atoms with van der Waals surface area (Å²) >= 11 is 0. The van der Waals surface area contributed by atoms with Crippen molar-refractivity contribution in [2.45, 2.75) is 27.2 Å². The quantitative estimate of drug-likeness (QED) is 0.772. The van der Waals surface area contributed by atoms with Gasteiger partial charge >= 0.3 is 0 Å². The Morgan fingerprint density at radius 3 is 2.50 bits per heavy atom. The van der Waals surface area contributed by atoms with E-state index in [0.29, 0.717) is 16.9 Å². The number of furan rings is 1. The van der Waals surface area contributed by atoms with Crippen molar-refractivity contribution < 1.29 is 13.6 Å². The number of hydrogen-bond acceptors (Lipinski definition) is 2. The van der Waals surface area contributed by atoms with Crippen LogP contribution in [0, 0.1) is 26.6 Å². The van der Waals surface area contributed by atoms with E-state index in [4.69, 9.17) is 4.42 Å². The minimum Gasteiger partial charge on any atom is -0.466 e. The monoisotopic (exact) mass is 246 g/mol. The molecule has 2 nitrogen and oxygen atoms in total. The molecule has 0 spiro atoms. The lowest BCUT2D eigenvalue weighted by Crippen LogP contribution is -2.06. The van der Waals surface area contributed by atoms with Crippen molar-refractivity contribution in [1.29, 1.82) is 0 Å². The molecule has 1 aromatic heterocycles. The average molecular weight is 246 g/mol. The van der Waals surface area contributed by atoms with Crippen LogP contribution in [0.1, 0.15) is 33.0 Å². The first-order chi connectivity index (χ1) is 8.49. The molecule has 0 aliphatic rings. The Morgan fingerprint density at radius 2 is 1.94 bits per heavy atom. The van der Waals surface area contributed by atoms with Crippen LogP contribution in [0.15, 0.2) is 28.7 Å². The second kappa shape index (κ2) is 4.77. The topological polar surface area (TPSA) is 30.2 Å². The summed E-state index contributed by atoms with van der Waals surface area (Å²) in [4.78, 5) is 12.2. The van der Waals surface area contributed by atoms with Crippen LogP contribution in [0.2, 0.25) is 0 Å². The largest absolute Gasteiger partial charge is 0.466 e. The van der Waals surface area contributed by atoms with Gasteiger partial charge in [0.1, 0.15) is 17.3 Å². The third-order valence-electron chi connectivity index (χ3n) is 3.09. The molecule has 2 rings (SSSR count). The molecule has 0 amide bonds. The van der Waals surface area contributed by atoms with Gasteiger partial charge in [-0.25, -0.2) is 4.39 Å². The number of rotatable bonds is 3. The van der Waals surface area contributed by atoms with Crippen LogP contribution in [0.25, 0.3) is 0 Å². The van der Waals surface area contributed by atoms with Crippen molar-refractivity contribution in [1.82, 2.24) is 0 Å². The minimum atomic E-state index is -0.322. The van der Waals surface area contributed by atoms with Gasteiger partial charge in [0.15, 0.2) is 5.78 Å². The molecule has 0 aliphatic carbocycles. The highest BCUT2D eigenvalue weighted by Gasteiger charge is 2.18. The van der Waals surface area contributed by atoms with Gasteiger partial charge in [-0.15, -0.1) is 0 Å². The lowest BCUT2D eigenvalue weighted by atomic mass is 10.00. The molecule has 18 heavy (non-hydrogen) atoms. The Balaban J connectivity index is 2.27. The van der Waals surface area contributed by atoms with Gasteiger partial charge in [0.25, 0.3) is 0 Å². The number of benzene rings is 1. The van der Waals surface area contributed by atoms with E-state index in [1.807, 2.05) is 13.8 Å². The van der Waals surface area contributed by atoms with E-state index >= 15 is 0 Å². The lowest BCUT2D eigenvalue weighted by Gasteiger charge is -2.02. The molecule has 3 heteroatoms. The van der Waals surface area contributed by atoms with Crippen molar-refractivity contribution in [3.63, 3.8) is 0 Å². The van der Waals surface area contributed by atoms with Crippen molar-refractivity contribution in [2.24, 2.45) is 0 Å². The standard InChI is InChI=1S/C15H15FO2/c1-9-10(2)18-11(3)15(9)14(17)8-12-5-4-6-13(16)7-12/h4-7H,8H2,1-3H3. The van der Waals surface area contributed by atoms with Gasteiger partial charge in [0.2, 0.25) is 0 Å². The zero-order valence-electron chi connectivity index (χ0n) is 10.7. The molecule has 0 unspecified atom stereocenters. The van der Waals surface area contributed by atoms with E-state index in [2.05, 4.69) is 0 Å². The van der Waals surface area contributed by atoms with E-state index in [1.54, 1.807) is 19.1 Å². The number of halogens is 1. The molecule has 0 N–H and O–H groups in total. The van der Waals surface area contributed by atoms with E-state index < -0.39 is 0 Å². The van der Waals surface area contributed by atoms with Gasteiger partial charge in [-0.05, 0) is 38.5 Å². The Kier molecular flexibility index (Phi) is 3.32. The maximum atomic E-state index is 13.1. The fraction of sp³-hybridized carbons (Fsp3) is 0.267. The molecule has 0 fully saturated rings. The highest BCUT2D eigenvalue weighted by molar-refractivity contribution is 5.99. The predicted molar refractivity (Wildman–Crippen MR) is 67.4 cm³/mol. The van der Waals surface area contributed by atoms with Crippen LogP contribution in [-0.2, 0) is 6.42 Å². The van der Waals surface area contributed by atoms with Crippen LogP contribution in [0.3, 0.4) is 0 Å². The van der Waals surface area contributed by atoms with Crippen LogP contribution < -0.4 is 0 Å². The van der Waals surface area contributed by atoms with Gasteiger partial charge < -0.3 is 4.42 Å². The number of carbonyl (C=O) groups is 1. The summed E-state index contributed by atoms with van der Waals surface area (Å²) in [7, 11) is 0. The number of aryl methyl sites for hydroxylation is 2. The Morgan fingerprint density at radius 1 is 1.22 bits per heavy atom. The average Bonchev–Trinajstić information content (AvgIpc) is 2.53. The number of carbonyl (C=O) groups excluding carboxylic acids is 1. The minimum absolute atomic E-state index is 0.0348. The Hall–Kier alpha value is -1.90. The SMILES string of the molecule is Cc1oc(C)c(C(=O)Cc2cccc(F)c2)c1C. The smallest absolute Gasteiger partial charge is 0.171 e. The van der Waals surface area contributed by atoms with Gasteiger partial charge in [-0.3, -0.25) is 4.79 Å². The first-order valence-corrected chi connectivity index (χ1v) is 5.83. The zero-order valence-corrected chi connectivity index (χ0v) is 10.7. The molecule has 0 saturated heterocycles. The molecule has 1 aromatic carbocycles. The first kappa shape index (κ1) is 12.6. The molecular weight excluding hydrogens is 231 g/mol. The van der Waals surface area contributed by atoms with Gasteiger partial charge in [-0.2, -0.15) is 0 Å². The third kappa shape index (κ3) is 2.35. The summed E-state index contributed by atoms with van der Waals surface area (Å²) in [6.45, 7) is 5.48. The second-order valence-corrected chi connectivity index (χ2v) is 4.44. The fourth-order valence-corrected chi connectivity index (χ4v) is 2.12. The van der Waals surface area contributed by atoms with Crippen LogP contribution in [0.4, 0.5) is 4.39 Å². The van der Waals surface area contributed by atoms with Crippen molar-refractivity contribution in [2.75, 3.05) is 0 Å². The summed E-state index contributed by atoms with van der Waals surface area (Å²) in [6.07, 6.45) is 0.193. The third-order valence-corrected chi connectivity index (χ3v) is 3.09. The molecule has 0 saturated carbocycles. The molecule has 0 radical (unpaired) electrons. The van der Waals surface area contributed by atoms with E-state index in [0.717, 1.165) is 11.3 Å². The molecule has 1 heterocycles. The van der Waals surface area contributed by atoms with E-state index in [1.165, 1.54) is 12.1 Å². The summed E-state index contributed by atoms with van der Waals surface area (Å²) in [5, 5.41) is 0. The first-order valence-electron chi connectivity index (χ1n) is 5.83. The van der Waals surface area contributed by atoms with Crippen molar-refractivity contribution in [3.8, 4) is 0 Å². The lowest BCUT2D eigenvalue weighted by molar-refractivity contribution is 0.0991. The summed E-state index contributed by atoms with van der Waals surface area (Å²) < 4.78 is 18.5. The highest BCUT2D eigenvalue weighted by atomic mass is 19.1. The zero-order chi connectivity index (χ0) is 13.3. The highest BCUT2D eigenvalue weighted by Crippen LogP contribution is 2.22. The van der Waals surface area contributed by atoms with Gasteiger partial charge in [0, 0.05) is 12.0 Å². The predicted octanol–water partition coefficient (Wildman–Crippen LogP) is 3.77. The summed E-state index contributed by atoms with van der Waals surface area (Å²) in [5.41, 5.74) is 2.17. The number of Topliss-reactive ketones (excluding diaryl/α,β-unsaturated/α-hetero) is 1. The normalized spacial score (nSPS) is 10.7. The van der Waals surface area contributed by atoms with Gasteiger partial charge in [0.05, 0.1) is 5.56 Å². The second-order valence-electron chi connectivity index (χ2n) is 4.44. The summed E-state index contributed by atoms with van der Waals surface area (Å²) in [6, 6.07) is 6.11. The molecule has 2 aromatic rings. The number of ketones is 1. The maximum absolute atomic E-state index is 13.1. The Bertz CT molecular complexity index is 597. The molecule has 94 valence electrons. The van der Waals surface area contributed by atoms with Crippen LogP contribution in [0.5, 0.6) is 0 Å². The summed E-state index contributed by atoms with van der Waals surface area (Å²) in [5.74, 6) is 1.03. The van der Waals surface area contributed by atoms with E-state index in [-0.39, 0.29) is 18.0 Å². The van der Waals surface area contributed by atoms with Gasteiger partial charge in [-0.1, -0.05) is 12.1 Å². The van der Waals surface area contributed by atoms with Crippen molar-refractivity contribution >= 4 is 5.78 Å². The van der Waals surface area contributed by atoms with Crippen LogP contribution in [-0.4, -0.2) is 5.78 Å². The molecular formula is C15H15FO2. The fourth-order valence-electron chi connectivity index (χ4n) is 2.12. The van der Waals surface area contributed by atoms with E-state index in [9.17, 15) is 9.18 Å². The van der Waals surface area contributed by atoms with Crippen molar-refractivity contribution in [3.05, 3.63) is 58.3 Å². The van der Waals surface area contributed by atoms with Crippen LogP contribution >= 0.6 is 0 Å². The molecule has 0 bridgehead atoms.